The van der Waals surface area contributed by atoms with Gasteiger partial charge in [0, 0.05) is 5.69 Å². The van der Waals surface area contributed by atoms with Gasteiger partial charge in [-0.05, 0) is 54.7 Å². The summed E-state index contributed by atoms with van der Waals surface area (Å²) >= 11 is 0. The van der Waals surface area contributed by atoms with E-state index in [1.807, 2.05) is 48.5 Å². The van der Waals surface area contributed by atoms with Crippen LogP contribution in [0, 0.1) is 11.7 Å². The number of nitrogens with zero attached hydrogens (tertiary/aromatic N) is 1. The Morgan fingerprint density at radius 2 is 1.48 bits per heavy atom. The number of hydrogen-bond donors (Lipinski definition) is 0. The molecule has 2 unspecified atom stereocenters. The summed E-state index contributed by atoms with van der Waals surface area (Å²) in [5.74, 6) is -1.26. The van der Waals surface area contributed by atoms with E-state index in [9.17, 15) is 14.0 Å². The van der Waals surface area contributed by atoms with Crippen LogP contribution < -0.4 is 4.90 Å². The van der Waals surface area contributed by atoms with Crippen molar-refractivity contribution in [3.05, 3.63) is 102 Å². The Balaban J connectivity index is 1.44. The van der Waals surface area contributed by atoms with Gasteiger partial charge in [0.25, 0.3) is 0 Å². The standard InChI is InChI=1S/C26H24FNO3/c27-21-14-16-22(17-15-21)28-25(30)23(13-7-12-19-8-3-1-4-9-19)26(28)31-24(29)18-20-10-5-2-6-11-20/h1-6,8-11,14-17,23,26H,7,12-13,18H2. The fourth-order valence-electron chi connectivity index (χ4n) is 3.91. The number of aryl methyl sites for hydroxylation is 1. The highest BCUT2D eigenvalue weighted by Crippen LogP contribution is 2.36. The van der Waals surface area contributed by atoms with Crippen LogP contribution >= 0.6 is 0 Å². The lowest BCUT2D eigenvalue weighted by Crippen LogP contribution is -2.63. The highest BCUT2D eigenvalue weighted by molar-refractivity contribution is 6.02. The van der Waals surface area contributed by atoms with Crippen LogP contribution in [0.5, 0.6) is 0 Å². The molecular weight excluding hydrogens is 393 g/mol. The quantitative estimate of drug-likeness (QED) is 0.386. The zero-order chi connectivity index (χ0) is 21.6. The minimum atomic E-state index is -0.676. The molecule has 0 radical (unpaired) electrons. The second-order valence-electron chi connectivity index (χ2n) is 7.71. The maximum absolute atomic E-state index is 13.3. The largest absolute Gasteiger partial charge is 0.440 e. The van der Waals surface area contributed by atoms with E-state index < -0.39 is 12.1 Å². The Labute approximate surface area is 181 Å². The maximum Gasteiger partial charge on any atom is 0.312 e. The van der Waals surface area contributed by atoms with E-state index in [0.29, 0.717) is 12.1 Å². The number of ether oxygens (including phenoxy) is 1. The smallest absolute Gasteiger partial charge is 0.312 e. The van der Waals surface area contributed by atoms with Gasteiger partial charge in [-0.25, -0.2) is 4.39 Å². The highest BCUT2D eigenvalue weighted by atomic mass is 19.1. The molecule has 0 spiro atoms. The zero-order valence-electron chi connectivity index (χ0n) is 17.1. The topological polar surface area (TPSA) is 46.6 Å². The molecule has 0 aromatic heterocycles. The lowest BCUT2D eigenvalue weighted by Gasteiger charge is -2.46. The van der Waals surface area contributed by atoms with Gasteiger partial charge in [-0.2, -0.15) is 0 Å². The third kappa shape index (κ3) is 5.00. The van der Waals surface area contributed by atoms with E-state index in [0.717, 1.165) is 18.4 Å². The molecule has 5 heteroatoms. The van der Waals surface area contributed by atoms with Gasteiger partial charge in [-0.15, -0.1) is 0 Å². The third-order valence-electron chi connectivity index (χ3n) is 5.53. The Kier molecular flexibility index (Phi) is 6.41. The number of β-lactam (4-membered cyclic amide) rings is 1. The van der Waals surface area contributed by atoms with Crippen LogP contribution in [0.25, 0.3) is 0 Å². The first-order valence-corrected chi connectivity index (χ1v) is 10.5. The molecule has 1 aliphatic heterocycles. The van der Waals surface area contributed by atoms with Crippen LogP contribution in [0.3, 0.4) is 0 Å². The minimum absolute atomic E-state index is 0.0998. The van der Waals surface area contributed by atoms with Gasteiger partial charge in [0.1, 0.15) is 5.82 Å². The van der Waals surface area contributed by atoms with Crippen molar-refractivity contribution < 1.29 is 18.7 Å². The summed E-state index contributed by atoms with van der Waals surface area (Å²) in [6, 6.07) is 25.1. The molecule has 0 bridgehead atoms. The molecule has 4 nitrogen and oxygen atoms in total. The summed E-state index contributed by atoms with van der Waals surface area (Å²) in [6.45, 7) is 0. The lowest BCUT2D eigenvalue weighted by molar-refractivity contribution is -0.162. The Bertz CT molecular complexity index is 1020. The molecule has 158 valence electrons. The lowest BCUT2D eigenvalue weighted by atomic mass is 9.88. The number of benzene rings is 3. The number of hydrogen-bond acceptors (Lipinski definition) is 3. The number of carbonyl (C=O) groups excluding carboxylic acids is 2. The van der Waals surface area contributed by atoms with Crippen LogP contribution in [0.4, 0.5) is 10.1 Å². The molecule has 3 aromatic rings. The van der Waals surface area contributed by atoms with Crippen LogP contribution in [0.2, 0.25) is 0 Å². The van der Waals surface area contributed by atoms with Crippen molar-refractivity contribution >= 4 is 17.6 Å². The molecule has 4 rings (SSSR count). The second kappa shape index (κ2) is 9.56. The van der Waals surface area contributed by atoms with Gasteiger partial charge in [0.05, 0.1) is 12.3 Å². The van der Waals surface area contributed by atoms with Crippen molar-refractivity contribution in [3.63, 3.8) is 0 Å². The molecule has 31 heavy (non-hydrogen) atoms. The van der Waals surface area contributed by atoms with E-state index in [-0.39, 0.29) is 24.1 Å². The van der Waals surface area contributed by atoms with Crippen LogP contribution in [0.15, 0.2) is 84.9 Å². The normalized spacial score (nSPS) is 17.8. The summed E-state index contributed by atoms with van der Waals surface area (Å²) in [7, 11) is 0. The average molecular weight is 417 g/mol. The number of halogens is 1. The molecule has 1 aliphatic rings. The van der Waals surface area contributed by atoms with Crippen LogP contribution in [-0.4, -0.2) is 18.1 Å². The molecule has 3 aromatic carbocycles. The average Bonchev–Trinajstić information content (AvgIpc) is 2.79. The van der Waals surface area contributed by atoms with Crippen molar-refractivity contribution in [3.8, 4) is 0 Å². The molecule has 0 aliphatic carbocycles. The van der Waals surface area contributed by atoms with E-state index in [1.54, 1.807) is 0 Å². The SMILES string of the molecule is O=C(Cc1ccccc1)OC1C(CCCc2ccccc2)C(=O)N1c1ccc(F)cc1. The van der Waals surface area contributed by atoms with Crippen LogP contribution in [0.1, 0.15) is 24.0 Å². The second-order valence-corrected chi connectivity index (χ2v) is 7.71. The van der Waals surface area contributed by atoms with Gasteiger partial charge < -0.3 is 4.74 Å². The first-order valence-electron chi connectivity index (χ1n) is 10.5. The van der Waals surface area contributed by atoms with Crippen molar-refractivity contribution in [2.75, 3.05) is 4.90 Å². The summed E-state index contributed by atoms with van der Waals surface area (Å²) in [4.78, 5) is 26.9. The molecule has 1 saturated heterocycles. The van der Waals surface area contributed by atoms with Gasteiger partial charge in [-0.1, -0.05) is 60.7 Å². The number of amides is 1. The number of esters is 1. The van der Waals surface area contributed by atoms with Crippen molar-refractivity contribution in [1.29, 1.82) is 0 Å². The highest BCUT2D eigenvalue weighted by Gasteiger charge is 2.50. The van der Waals surface area contributed by atoms with E-state index >= 15 is 0 Å². The van der Waals surface area contributed by atoms with Gasteiger partial charge in [-0.3, -0.25) is 14.5 Å². The van der Waals surface area contributed by atoms with E-state index in [1.165, 1.54) is 34.7 Å². The molecule has 1 fully saturated rings. The van der Waals surface area contributed by atoms with E-state index in [2.05, 4.69) is 12.1 Å². The maximum atomic E-state index is 13.3. The van der Waals surface area contributed by atoms with Crippen molar-refractivity contribution in [2.24, 2.45) is 5.92 Å². The molecule has 1 amide bonds. The van der Waals surface area contributed by atoms with Crippen molar-refractivity contribution in [1.82, 2.24) is 0 Å². The van der Waals surface area contributed by atoms with Gasteiger partial charge in [0.2, 0.25) is 5.91 Å². The first kappa shape index (κ1) is 20.8. The molecule has 0 saturated carbocycles. The number of rotatable bonds is 8. The summed E-state index contributed by atoms with van der Waals surface area (Å²) < 4.78 is 19.1. The predicted octanol–water partition coefficient (Wildman–Crippen LogP) is 4.92. The zero-order valence-corrected chi connectivity index (χ0v) is 17.1. The van der Waals surface area contributed by atoms with Crippen molar-refractivity contribution in [2.45, 2.75) is 31.9 Å². The Morgan fingerprint density at radius 3 is 2.13 bits per heavy atom. The van der Waals surface area contributed by atoms with E-state index in [4.69, 9.17) is 4.74 Å². The molecule has 1 heterocycles. The fraction of sp³-hybridized carbons (Fsp3) is 0.231. The van der Waals surface area contributed by atoms with Crippen LogP contribution in [-0.2, 0) is 27.2 Å². The number of anilines is 1. The summed E-state index contributed by atoms with van der Waals surface area (Å²) in [5, 5.41) is 0. The third-order valence-corrected chi connectivity index (χ3v) is 5.53. The summed E-state index contributed by atoms with van der Waals surface area (Å²) in [5.41, 5.74) is 2.60. The molecule has 2 atom stereocenters. The molecule has 0 N–H and O–H groups in total. The van der Waals surface area contributed by atoms with Gasteiger partial charge >= 0.3 is 5.97 Å². The number of carbonyl (C=O) groups is 2. The fourth-order valence-corrected chi connectivity index (χ4v) is 3.91. The Morgan fingerprint density at radius 1 is 0.871 bits per heavy atom. The molecular formula is C26H24FNO3. The minimum Gasteiger partial charge on any atom is -0.440 e. The van der Waals surface area contributed by atoms with Gasteiger partial charge in [0.15, 0.2) is 6.23 Å². The monoisotopic (exact) mass is 417 g/mol. The predicted molar refractivity (Wildman–Crippen MR) is 117 cm³/mol. The first-order chi connectivity index (χ1) is 15.1. The Hall–Kier alpha value is -3.47. The summed E-state index contributed by atoms with van der Waals surface area (Å²) in [6.07, 6.45) is 1.75.